The number of amides is 3. The van der Waals surface area contributed by atoms with Crippen LogP contribution in [0.5, 0.6) is 17.2 Å². The summed E-state index contributed by atoms with van der Waals surface area (Å²) in [7, 11) is 2.06. The van der Waals surface area contributed by atoms with Gasteiger partial charge in [-0.25, -0.2) is 4.79 Å². The number of aliphatic hydroxyl groups is 1. The summed E-state index contributed by atoms with van der Waals surface area (Å²) < 4.78 is 24.0. The Morgan fingerprint density at radius 3 is 2.60 bits per heavy atom. The number of nitrogens with zero attached hydrogens (tertiary/aromatic N) is 2. The fourth-order valence-corrected chi connectivity index (χ4v) is 6.80. The van der Waals surface area contributed by atoms with Crippen molar-refractivity contribution in [2.45, 2.75) is 64.8 Å². The molecule has 0 unspecified atom stereocenters. The van der Waals surface area contributed by atoms with Crippen LogP contribution in [0, 0.1) is 5.92 Å². The first-order chi connectivity index (χ1) is 25.2. The van der Waals surface area contributed by atoms with Crippen LogP contribution in [0.1, 0.15) is 56.0 Å². The first-order valence-corrected chi connectivity index (χ1v) is 18.2. The minimum atomic E-state index is -0.480. The van der Waals surface area contributed by atoms with Crippen molar-refractivity contribution in [1.82, 2.24) is 9.80 Å². The predicted octanol–water partition coefficient (Wildman–Crippen LogP) is 7.14. The molecule has 0 saturated carbocycles. The quantitative estimate of drug-likeness (QED) is 0.177. The van der Waals surface area contributed by atoms with Crippen molar-refractivity contribution in [3.05, 3.63) is 90.0 Å². The second-order valence-corrected chi connectivity index (χ2v) is 14.0. The molecule has 3 amide bonds. The molecule has 0 aromatic heterocycles. The van der Waals surface area contributed by atoms with Crippen molar-refractivity contribution in [1.29, 1.82) is 0 Å². The van der Waals surface area contributed by atoms with E-state index in [1.54, 1.807) is 23.1 Å². The molecule has 2 aliphatic heterocycles. The molecule has 4 aromatic carbocycles. The molecular weight excluding hydrogens is 660 g/mol. The zero-order valence-corrected chi connectivity index (χ0v) is 30.5. The molecule has 52 heavy (non-hydrogen) atoms. The Morgan fingerprint density at radius 1 is 0.962 bits per heavy atom. The Balaban J connectivity index is 1.22. The van der Waals surface area contributed by atoms with Crippen LogP contribution < -0.4 is 24.8 Å². The van der Waals surface area contributed by atoms with E-state index in [1.165, 1.54) is 0 Å². The van der Waals surface area contributed by atoms with Gasteiger partial charge in [0.25, 0.3) is 5.91 Å². The largest absolute Gasteiger partial charge is 0.490 e. The molecule has 4 aromatic rings. The van der Waals surface area contributed by atoms with Gasteiger partial charge in [0.05, 0.1) is 36.1 Å². The summed E-state index contributed by atoms with van der Waals surface area (Å²) in [5, 5.41) is 18.1. The molecule has 0 spiro atoms. The molecule has 11 nitrogen and oxygen atoms in total. The van der Waals surface area contributed by atoms with Crippen molar-refractivity contribution in [3.63, 3.8) is 0 Å². The topological polar surface area (TPSA) is 122 Å². The summed E-state index contributed by atoms with van der Waals surface area (Å²) in [6.07, 6.45) is 2.22. The minimum Gasteiger partial charge on any atom is -0.490 e. The Morgan fingerprint density at radius 2 is 1.75 bits per heavy atom. The number of hydrogen-bond donors (Lipinski definition) is 3. The summed E-state index contributed by atoms with van der Waals surface area (Å²) in [5.74, 6) is 1.58. The number of carbonyl (C=O) groups excluding carboxylic acids is 2. The van der Waals surface area contributed by atoms with Crippen LogP contribution in [0.15, 0.2) is 78.9 Å². The first kappa shape index (κ1) is 36.9. The predicted molar refractivity (Wildman–Crippen MR) is 202 cm³/mol. The Labute approximate surface area is 305 Å². The molecule has 3 N–H and O–H groups in total. The van der Waals surface area contributed by atoms with Gasteiger partial charge in [-0.05, 0) is 87.5 Å². The van der Waals surface area contributed by atoms with Gasteiger partial charge in [-0.2, -0.15) is 0 Å². The van der Waals surface area contributed by atoms with Gasteiger partial charge in [0.2, 0.25) is 6.79 Å². The normalized spacial score (nSPS) is 20.2. The number of anilines is 2. The maximum Gasteiger partial charge on any atom is 0.323 e. The number of hydrogen-bond acceptors (Lipinski definition) is 8. The number of urea groups is 1. The summed E-state index contributed by atoms with van der Waals surface area (Å²) in [6, 6.07) is 23.8. The molecule has 0 aliphatic carbocycles. The Kier molecular flexibility index (Phi) is 12.2. The van der Waals surface area contributed by atoms with Gasteiger partial charge in [-0.15, -0.1) is 0 Å². The monoisotopic (exact) mass is 710 g/mol. The minimum absolute atomic E-state index is 0.0730. The summed E-state index contributed by atoms with van der Waals surface area (Å²) >= 11 is 0. The summed E-state index contributed by atoms with van der Waals surface area (Å²) in [4.78, 5) is 31.7. The highest BCUT2D eigenvalue weighted by Gasteiger charge is 2.30. The van der Waals surface area contributed by atoms with Crippen molar-refractivity contribution in [2.75, 3.05) is 50.8 Å². The van der Waals surface area contributed by atoms with Gasteiger partial charge in [0.15, 0.2) is 11.5 Å². The molecule has 0 fully saturated rings. The molecule has 276 valence electrons. The molecule has 2 heterocycles. The van der Waals surface area contributed by atoms with Crippen LogP contribution in [-0.2, 0) is 11.3 Å². The standard InChI is InChI=1S/C41H50N4O7/c1-27-22-45(28(2)25-46)40(47)34-21-32(42-41(48)43-35-14-9-12-31-11-5-6-13-33(31)35)16-18-36(34)52-29(3)10-7-8-19-49-39(27)24-44(4)23-30-15-17-37-38(20-30)51-26-50-37/h5-6,9,11-18,20-21,27-29,39,46H,7-8,10,19,22-26H2,1-4H3,(H2,42,43,48)/t27-,28+,29-,39-/m1/s1. The number of nitrogens with one attached hydrogen (secondary N) is 2. The number of benzene rings is 4. The fourth-order valence-electron chi connectivity index (χ4n) is 6.80. The second-order valence-electron chi connectivity index (χ2n) is 14.0. The highest BCUT2D eigenvalue weighted by Crippen LogP contribution is 2.33. The van der Waals surface area contributed by atoms with Crippen LogP contribution in [0.2, 0.25) is 0 Å². The van der Waals surface area contributed by atoms with E-state index in [9.17, 15) is 14.7 Å². The van der Waals surface area contributed by atoms with Crippen molar-refractivity contribution in [2.24, 2.45) is 5.92 Å². The van der Waals surface area contributed by atoms with Crippen LogP contribution in [0.3, 0.4) is 0 Å². The van der Waals surface area contributed by atoms with Crippen LogP contribution in [-0.4, -0.2) is 85.2 Å². The lowest BCUT2D eigenvalue weighted by Gasteiger charge is -2.36. The number of likely N-dealkylation sites (N-methyl/N-ethyl adjacent to an activating group) is 1. The average Bonchev–Trinajstić information content (AvgIpc) is 3.61. The third-order valence-corrected chi connectivity index (χ3v) is 9.73. The molecule has 0 radical (unpaired) electrons. The third kappa shape index (κ3) is 9.14. The molecular formula is C41H50N4O7. The lowest BCUT2D eigenvalue weighted by Crippen LogP contribution is -2.47. The van der Waals surface area contributed by atoms with E-state index in [-0.39, 0.29) is 37.4 Å². The van der Waals surface area contributed by atoms with Crippen LogP contribution in [0.25, 0.3) is 10.8 Å². The highest BCUT2D eigenvalue weighted by atomic mass is 16.7. The van der Waals surface area contributed by atoms with Gasteiger partial charge in [0, 0.05) is 43.2 Å². The van der Waals surface area contributed by atoms with E-state index in [0.717, 1.165) is 47.1 Å². The SMILES string of the molecule is C[C@@H]1CCCCO[C@H](CN(C)Cc2ccc3c(c2)OCO3)[C@H](C)CN([C@@H](C)CO)C(=O)c2cc(NC(=O)Nc3cccc4ccccc34)ccc2O1. The third-order valence-electron chi connectivity index (χ3n) is 9.73. The van der Waals surface area contributed by atoms with E-state index >= 15 is 0 Å². The smallest absolute Gasteiger partial charge is 0.323 e. The number of carbonyl (C=O) groups is 2. The van der Waals surface area contributed by atoms with Crippen LogP contribution >= 0.6 is 0 Å². The number of rotatable bonds is 8. The fraction of sp³-hybridized carbons (Fsp3) is 0.415. The van der Waals surface area contributed by atoms with E-state index < -0.39 is 12.1 Å². The summed E-state index contributed by atoms with van der Waals surface area (Å²) in [5.41, 5.74) is 2.54. The van der Waals surface area contributed by atoms with Crippen LogP contribution in [0.4, 0.5) is 16.2 Å². The molecule has 0 saturated heterocycles. The first-order valence-electron chi connectivity index (χ1n) is 18.2. The molecule has 2 aliphatic rings. The van der Waals surface area contributed by atoms with E-state index in [0.29, 0.717) is 48.9 Å². The molecule has 4 atom stereocenters. The average molecular weight is 711 g/mol. The zero-order chi connectivity index (χ0) is 36.6. The van der Waals surface area contributed by atoms with Gasteiger partial charge < -0.3 is 39.6 Å². The molecule has 6 rings (SSSR count). The second kappa shape index (κ2) is 17.1. The van der Waals surface area contributed by atoms with Gasteiger partial charge in [-0.3, -0.25) is 9.69 Å². The Bertz CT molecular complexity index is 1850. The Hall–Kier alpha value is -4.84. The zero-order valence-electron chi connectivity index (χ0n) is 30.5. The lowest BCUT2D eigenvalue weighted by molar-refractivity contribution is -0.0177. The van der Waals surface area contributed by atoms with Crippen molar-refractivity contribution >= 4 is 34.1 Å². The number of aliphatic hydroxyl groups excluding tert-OH is 1. The lowest BCUT2D eigenvalue weighted by atomic mass is 10.0. The van der Waals surface area contributed by atoms with Crippen molar-refractivity contribution < 1.29 is 33.6 Å². The van der Waals surface area contributed by atoms with Gasteiger partial charge in [-0.1, -0.05) is 49.4 Å². The highest BCUT2D eigenvalue weighted by molar-refractivity contribution is 6.07. The maximum atomic E-state index is 14.5. The summed E-state index contributed by atoms with van der Waals surface area (Å²) in [6.45, 7) is 8.19. The molecule has 0 bridgehead atoms. The molecule has 11 heteroatoms. The maximum absolute atomic E-state index is 14.5. The van der Waals surface area contributed by atoms with E-state index in [1.807, 2.05) is 74.5 Å². The van der Waals surface area contributed by atoms with Gasteiger partial charge >= 0.3 is 6.03 Å². The number of fused-ring (bicyclic) bond motifs is 3. The van der Waals surface area contributed by atoms with Gasteiger partial charge in [0.1, 0.15) is 5.75 Å². The van der Waals surface area contributed by atoms with E-state index in [2.05, 4.69) is 29.5 Å². The number of ether oxygens (including phenoxy) is 4. The van der Waals surface area contributed by atoms with Crippen molar-refractivity contribution in [3.8, 4) is 17.2 Å². The van der Waals surface area contributed by atoms with E-state index in [4.69, 9.17) is 18.9 Å².